The largest absolute Gasteiger partial charge is 0.394 e. The van der Waals surface area contributed by atoms with Gasteiger partial charge in [-0.15, -0.1) is 0 Å². The molecule has 138 valence electrons. The molecule has 3 rings (SSSR count). The molecule has 0 radical (unpaired) electrons. The van der Waals surface area contributed by atoms with E-state index in [0.29, 0.717) is 16.9 Å². The molecule has 5 nitrogen and oxygen atoms in total. The van der Waals surface area contributed by atoms with Crippen molar-refractivity contribution in [2.75, 3.05) is 5.73 Å². The number of rotatable bonds is 4. The molecule has 1 aromatic carbocycles. The maximum absolute atomic E-state index is 13.9. The maximum Gasteiger partial charge on any atom is 0.389 e. The molecule has 9 heteroatoms. The second kappa shape index (κ2) is 6.47. The van der Waals surface area contributed by atoms with E-state index in [-0.39, 0.29) is 24.2 Å². The fraction of sp³-hybridized carbons (Fsp3) is 0.294. The lowest BCUT2D eigenvalue weighted by Crippen LogP contribution is -2.23. The van der Waals surface area contributed by atoms with Gasteiger partial charge in [0.1, 0.15) is 11.6 Å². The summed E-state index contributed by atoms with van der Waals surface area (Å²) in [7, 11) is 1.62. The van der Waals surface area contributed by atoms with Crippen LogP contribution in [0.5, 0.6) is 0 Å². The molecule has 0 aliphatic heterocycles. The summed E-state index contributed by atoms with van der Waals surface area (Å²) < 4.78 is 54.3. The van der Waals surface area contributed by atoms with Crippen LogP contribution in [-0.2, 0) is 20.0 Å². The zero-order chi connectivity index (χ0) is 19.1. The number of halogens is 4. The highest BCUT2D eigenvalue weighted by atomic mass is 19.4. The highest BCUT2D eigenvalue weighted by Gasteiger charge is 2.27. The summed E-state index contributed by atoms with van der Waals surface area (Å²) >= 11 is 0. The number of aryl methyl sites for hydroxylation is 2. The van der Waals surface area contributed by atoms with Crippen LogP contribution in [0.4, 0.5) is 23.2 Å². The fourth-order valence-corrected chi connectivity index (χ4v) is 2.81. The second-order valence-corrected chi connectivity index (χ2v) is 6.03. The van der Waals surface area contributed by atoms with E-state index in [1.165, 1.54) is 22.9 Å². The van der Waals surface area contributed by atoms with Crippen molar-refractivity contribution in [3.05, 3.63) is 58.0 Å². The van der Waals surface area contributed by atoms with E-state index in [1.807, 2.05) is 0 Å². The summed E-state index contributed by atoms with van der Waals surface area (Å²) in [5, 5.41) is 0. The van der Waals surface area contributed by atoms with Gasteiger partial charge >= 0.3 is 6.18 Å². The Balaban J connectivity index is 2.04. The lowest BCUT2D eigenvalue weighted by molar-refractivity contribution is -0.133. The van der Waals surface area contributed by atoms with Gasteiger partial charge in [0.2, 0.25) is 0 Å². The zero-order valence-corrected chi connectivity index (χ0v) is 13.8. The minimum absolute atomic E-state index is 0.0649. The number of alkyl halides is 3. The average Bonchev–Trinajstić information content (AvgIpc) is 2.85. The molecular formula is C17H16F4N4O. The minimum atomic E-state index is -4.34. The van der Waals surface area contributed by atoms with Gasteiger partial charge in [-0.05, 0) is 36.2 Å². The van der Waals surface area contributed by atoms with E-state index in [9.17, 15) is 22.4 Å². The van der Waals surface area contributed by atoms with Gasteiger partial charge in [-0.2, -0.15) is 13.2 Å². The summed E-state index contributed by atoms with van der Waals surface area (Å²) in [6, 6.07) is 5.36. The van der Waals surface area contributed by atoms with E-state index in [4.69, 9.17) is 5.73 Å². The van der Waals surface area contributed by atoms with Crippen LogP contribution in [0.1, 0.15) is 17.8 Å². The summed E-state index contributed by atoms with van der Waals surface area (Å²) in [5.74, 6) is -0.225. The number of benzene rings is 1. The van der Waals surface area contributed by atoms with Gasteiger partial charge in [0.05, 0.1) is 23.3 Å². The predicted molar refractivity (Wildman–Crippen MR) is 89.3 cm³/mol. The third kappa shape index (κ3) is 3.56. The van der Waals surface area contributed by atoms with Crippen LogP contribution in [0.2, 0.25) is 0 Å². The zero-order valence-electron chi connectivity index (χ0n) is 13.8. The minimum Gasteiger partial charge on any atom is -0.394 e. The van der Waals surface area contributed by atoms with Crippen LogP contribution < -0.4 is 11.3 Å². The van der Waals surface area contributed by atoms with Gasteiger partial charge in [-0.1, -0.05) is 0 Å². The Hall–Kier alpha value is -2.84. The first-order chi connectivity index (χ1) is 12.2. The van der Waals surface area contributed by atoms with Gasteiger partial charge in [0.25, 0.3) is 5.56 Å². The number of fused-ring (bicyclic) bond motifs is 1. The van der Waals surface area contributed by atoms with Crippen LogP contribution in [0.3, 0.4) is 0 Å². The van der Waals surface area contributed by atoms with Crippen LogP contribution >= 0.6 is 0 Å². The van der Waals surface area contributed by atoms with Gasteiger partial charge in [0, 0.05) is 19.7 Å². The SMILES string of the molecule is Cn1c(Cn2cccc(N)c2=O)nc2c(CCC(F)(F)F)cc(F)cc21. The highest BCUT2D eigenvalue weighted by molar-refractivity contribution is 5.80. The Labute approximate surface area is 145 Å². The first kappa shape index (κ1) is 18.0. The lowest BCUT2D eigenvalue weighted by Gasteiger charge is -2.07. The van der Waals surface area contributed by atoms with E-state index in [0.717, 1.165) is 6.07 Å². The number of pyridine rings is 1. The van der Waals surface area contributed by atoms with E-state index < -0.39 is 24.0 Å². The molecule has 0 spiro atoms. The lowest BCUT2D eigenvalue weighted by atomic mass is 10.1. The Morgan fingerprint density at radius 1 is 1.27 bits per heavy atom. The maximum atomic E-state index is 13.9. The molecule has 0 bridgehead atoms. The Morgan fingerprint density at radius 2 is 2.00 bits per heavy atom. The molecule has 0 atom stereocenters. The van der Waals surface area contributed by atoms with E-state index in [2.05, 4.69) is 4.98 Å². The van der Waals surface area contributed by atoms with Crippen molar-refractivity contribution >= 4 is 16.7 Å². The van der Waals surface area contributed by atoms with Gasteiger partial charge in [-0.3, -0.25) is 4.79 Å². The summed E-state index contributed by atoms with van der Waals surface area (Å²) in [6.07, 6.45) is -4.24. The van der Waals surface area contributed by atoms with Crippen LogP contribution in [0, 0.1) is 5.82 Å². The van der Waals surface area contributed by atoms with Crippen molar-refractivity contribution < 1.29 is 17.6 Å². The molecule has 0 saturated carbocycles. The Kier molecular flexibility index (Phi) is 4.47. The van der Waals surface area contributed by atoms with Gasteiger partial charge in [0.15, 0.2) is 0 Å². The summed E-state index contributed by atoms with van der Waals surface area (Å²) in [6.45, 7) is 0.0649. The second-order valence-electron chi connectivity index (χ2n) is 6.03. The third-order valence-corrected chi connectivity index (χ3v) is 4.16. The topological polar surface area (TPSA) is 65.8 Å². The summed E-state index contributed by atoms with van der Waals surface area (Å²) in [5.41, 5.74) is 6.11. The van der Waals surface area contributed by atoms with Crippen LogP contribution in [0.15, 0.2) is 35.3 Å². The van der Waals surface area contributed by atoms with Crippen molar-refractivity contribution in [3.63, 3.8) is 0 Å². The Bertz CT molecular complexity index is 1020. The van der Waals surface area contributed by atoms with Crippen molar-refractivity contribution in [1.82, 2.24) is 14.1 Å². The molecule has 0 aliphatic carbocycles. The van der Waals surface area contributed by atoms with Crippen LogP contribution in [-0.4, -0.2) is 20.3 Å². The quantitative estimate of drug-likeness (QED) is 0.720. The monoisotopic (exact) mass is 368 g/mol. The van der Waals surface area contributed by atoms with E-state index in [1.54, 1.807) is 17.7 Å². The number of hydrogen-bond acceptors (Lipinski definition) is 3. The molecule has 0 saturated heterocycles. The smallest absolute Gasteiger partial charge is 0.389 e. The van der Waals surface area contributed by atoms with Gasteiger partial charge < -0.3 is 14.9 Å². The highest BCUT2D eigenvalue weighted by Crippen LogP contribution is 2.27. The number of imidazole rings is 1. The number of anilines is 1. The number of nitrogen functional groups attached to an aromatic ring is 1. The fourth-order valence-electron chi connectivity index (χ4n) is 2.81. The normalized spacial score (nSPS) is 12.0. The molecule has 0 fully saturated rings. The van der Waals surface area contributed by atoms with Gasteiger partial charge in [-0.25, -0.2) is 9.37 Å². The van der Waals surface area contributed by atoms with Crippen molar-refractivity contribution in [2.45, 2.75) is 25.6 Å². The summed E-state index contributed by atoms with van der Waals surface area (Å²) in [4.78, 5) is 16.4. The Morgan fingerprint density at radius 3 is 2.69 bits per heavy atom. The number of hydrogen-bond donors (Lipinski definition) is 1. The van der Waals surface area contributed by atoms with Crippen molar-refractivity contribution in [3.8, 4) is 0 Å². The van der Waals surface area contributed by atoms with Crippen molar-refractivity contribution in [1.29, 1.82) is 0 Å². The van der Waals surface area contributed by atoms with Crippen LogP contribution in [0.25, 0.3) is 11.0 Å². The molecule has 2 heterocycles. The standard InChI is InChI=1S/C17H16F4N4O/c1-24-13-8-11(18)7-10(4-5-17(19,20)21)15(13)23-14(24)9-25-6-2-3-12(22)16(25)26/h2-3,6-8H,4-5,9,22H2,1H3. The number of nitrogens with zero attached hydrogens (tertiary/aromatic N) is 3. The molecule has 0 amide bonds. The third-order valence-electron chi connectivity index (χ3n) is 4.16. The molecule has 0 unspecified atom stereocenters. The molecular weight excluding hydrogens is 352 g/mol. The first-order valence-electron chi connectivity index (χ1n) is 7.81. The number of aromatic nitrogens is 3. The molecule has 26 heavy (non-hydrogen) atoms. The molecule has 2 aromatic heterocycles. The molecule has 0 aliphatic rings. The average molecular weight is 368 g/mol. The van der Waals surface area contributed by atoms with E-state index >= 15 is 0 Å². The van der Waals surface area contributed by atoms with Crippen molar-refractivity contribution in [2.24, 2.45) is 7.05 Å². The molecule has 3 aromatic rings. The first-order valence-corrected chi connectivity index (χ1v) is 7.81. The predicted octanol–water partition coefficient (Wildman–Crippen LogP) is 3.00. The molecule has 2 N–H and O–H groups in total. The number of nitrogens with two attached hydrogens (primary N) is 1.